The van der Waals surface area contributed by atoms with Crippen molar-refractivity contribution in [2.24, 2.45) is 0 Å². The van der Waals surface area contributed by atoms with Crippen LogP contribution in [0.4, 0.5) is 5.13 Å². The molecule has 128 valence electrons. The zero-order chi connectivity index (χ0) is 17.5. The van der Waals surface area contributed by atoms with E-state index in [0.29, 0.717) is 11.7 Å². The number of hydrogen-bond acceptors (Lipinski definition) is 5. The fourth-order valence-corrected chi connectivity index (χ4v) is 3.44. The quantitative estimate of drug-likeness (QED) is 0.573. The molecule has 3 rings (SSSR count). The summed E-state index contributed by atoms with van der Waals surface area (Å²) in [4.78, 5) is 17.5. The topological polar surface area (TPSA) is 51.2 Å². The van der Waals surface area contributed by atoms with E-state index in [1.807, 2.05) is 47.2 Å². The van der Waals surface area contributed by atoms with Crippen LogP contribution in [-0.2, 0) is 4.79 Å². The number of anilines is 1. The van der Waals surface area contributed by atoms with Gasteiger partial charge in [-0.05, 0) is 48.2 Å². The molecular weight excluding hydrogens is 352 g/mol. The third-order valence-electron chi connectivity index (χ3n) is 3.30. The van der Waals surface area contributed by atoms with Gasteiger partial charge in [0.2, 0.25) is 5.91 Å². The van der Waals surface area contributed by atoms with E-state index in [2.05, 4.69) is 17.2 Å². The summed E-state index contributed by atoms with van der Waals surface area (Å²) in [6.45, 7) is 2.79. The van der Waals surface area contributed by atoms with E-state index in [4.69, 9.17) is 4.74 Å². The number of amides is 1. The molecule has 0 aliphatic rings. The number of nitrogens with zero attached hydrogens (tertiary/aromatic N) is 1. The summed E-state index contributed by atoms with van der Waals surface area (Å²) in [5.74, 6) is 0.672. The van der Waals surface area contributed by atoms with E-state index in [9.17, 15) is 4.79 Å². The van der Waals surface area contributed by atoms with Gasteiger partial charge in [-0.25, -0.2) is 4.98 Å². The number of ether oxygens (including phenoxy) is 1. The summed E-state index contributed by atoms with van der Waals surface area (Å²) in [5.41, 5.74) is 1.83. The van der Waals surface area contributed by atoms with Gasteiger partial charge >= 0.3 is 0 Å². The van der Waals surface area contributed by atoms with Gasteiger partial charge in [0, 0.05) is 21.9 Å². The lowest BCUT2D eigenvalue weighted by molar-refractivity contribution is -0.111. The number of nitrogens with one attached hydrogen (secondary N) is 1. The van der Waals surface area contributed by atoms with Gasteiger partial charge in [0.05, 0.1) is 12.3 Å². The number of carbonyl (C=O) groups excluding carboxylic acids is 1. The van der Waals surface area contributed by atoms with E-state index in [-0.39, 0.29) is 5.91 Å². The van der Waals surface area contributed by atoms with Crippen molar-refractivity contribution in [1.29, 1.82) is 0 Å². The third-order valence-corrected chi connectivity index (χ3v) is 4.89. The van der Waals surface area contributed by atoms with Crippen molar-refractivity contribution in [1.82, 2.24) is 4.98 Å². The molecule has 0 radical (unpaired) electrons. The standard InChI is InChI=1S/C19H18N2O2S2/c1-2-11-23-15-7-5-14(6-8-15)17-13-25-19(20-17)21-18(22)10-9-16-4-3-12-24-16/h3-10,12-13H,2,11H2,1H3,(H,20,21,22). The Kier molecular flexibility index (Phi) is 5.98. The molecular formula is C19H18N2O2S2. The number of rotatable bonds is 7. The van der Waals surface area contributed by atoms with Crippen LogP contribution in [0.15, 0.2) is 53.2 Å². The van der Waals surface area contributed by atoms with Crippen molar-refractivity contribution >= 4 is 39.8 Å². The summed E-state index contributed by atoms with van der Waals surface area (Å²) >= 11 is 3.00. The lowest BCUT2D eigenvalue weighted by Gasteiger charge is -2.04. The third kappa shape index (κ3) is 5.01. The van der Waals surface area contributed by atoms with Crippen LogP contribution in [0.5, 0.6) is 5.75 Å². The molecule has 0 spiro atoms. The average Bonchev–Trinajstić information content (AvgIpc) is 3.30. The summed E-state index contributed by atoms with van der Waals surface area (Å²) in [6.07, 6.45) is 4.30. The number of carbonyl (C=O) groups is 1. The van der Waals surface area contributed by atoms with Crippen molar-refractivity contribution in [3.8, 4) is 17.0 Å². The van der Waals surface area contributed by atoms with Crippen LogP contribution in [0, 0.1) is 0 Å². The SMILES string of the molecule is CCCOc1ccc(-c2csc(NC(=O)C=Cc3cccs3)n2)cc1. The second-order valence-corrected chi connectivity index (χ2v) is 7.09. The maximum atomic E-state index is 12.0. The minimum Gasteiger partial charge on any atom is -0.494 e. The molecule has 1 aromatic carbocycles. The highest BCUT2D eigenvalue weighted by atomic mass is 32.1. The van der Waals surface area contributed by atoms with E-state index >= 15 is 0 Å². The Morgan fingerprint density at radius 1 is 1.24 bits per heavy atom. The molecule has 6 heteroatoms. The number of benzene rings is 1. The smallest absolute Gasteiger partial charge is 0.250 e. The first-order valence-electron chi connectivity index (χ1n) is 7.96. The molecule has 4 nitrogen and oxygen atoms in total. The molecule has 3 aromatic rings. The molecule has 25 heavy (non-hydrogen) atoms. The fraction of sp³-hybridized carbons (Fsp3) is 0.158. The molecule has 2 heterocycles. The second-order valence-electron chi connectivity index (χ2n) is 5.25. The Bertz CT molecular complexity index is 837. The van der Waals surface area contributed by atoms with E-state index < -0.39 is 0 Å². The van der Waals surface area contributed by atoms with E-state index in [1.54, 1.807) is 17.4 Å². The maximum absolute atomic E-state index is 12.0. The summed E-state index contributed by atoms with van der Waals surface area (Å²) in [6, 6.07) is 11.7. The van der Waals surface area contributed by atoms with Crippen molar-refractivity contribution in [2.75, 3.05) is 11.9 Å². The summed E-state index contributed by atoms with van der Waals surface area (Å²) in [7, 11) is 0. The van der Waals surface area contributed by atoms with Crippen LogP contribution in [-0.4, -0.2) is 17.5 Å². The number of thiophene rings is 1. The van der Waals surface area contributed by atoms with Crippen molar-refractivity contribution in [3.63, 3.8) is 0 Å². The Morgan fingerprint density at radius 3 is 2.80 bits per heavy atom. The summed E-state index contributed by atoms with van der Waals surface area (Å²) in [5, 5.41) is 7.29. The van der Waals surface area contributed by atoms with Crippen LogP contribution in [0.2, 0.25) is 0 Å². The van der Waals surface area contributed by atoms with Crippen LogP contribution >= 0.6 is 22.7 Å². The molecule has 1 amide bonds. The van der Waals surface area contributed by atoms with Crippen LogP contribution < -0.4 is 10.1 Å². The van der Waals surface area contributed by atoms with Crippen LogP contribution in [0.25, 0.3) is 17.3 Å². The lowest BCUT2D eigenvalue weighted by Crippen LogP contribution is -2.07. The largest absolute Gasteiger partial charge is 0.494 e. The zero-order valence-electron chi connectivity index (χ0n) is 13.8. The van der Waals surface area contributed by atoms with Crippen molar-refractivity contribution in [3.05, 3.63) is 58.1 Å². The van der Waals surface area contributed by atoms with E-state index in [1.165, 1.54) is 17.4 Å². The first kappa shape index (κ1) is 17.4. The van der Waals surface area contributed by atoms with Gasteiger partial charge in [-0.15, -0.1) is 22.7 Å². The molecule has 0 unspecified atom stereocenters. The van der Waals surface area contributed by atoms with Gasteiger partial charge in [-0.1, -0.05) is 13.0 Å². The molecule has 0 aliphatic carbocycles. The second kappa shape index (κ2) is 8.60. The molecule has 2 aromatic heterocycles. The van der Waals surface area contributed by atoms with Crippen molar-refractivity contribution in [2.45, 2.75) is 13.3 Å². The molecule has 0 fully saturated rings. The fourth-order valence-electron chi connectivity index (χ4n) is 2.10. The van der Waals surface area contributed by atoms with Crippen LogP contribution in [0.1, 0.15) is 18.2 Å². The zero-order valence-corrected chi connectivity index (χ0v) is 15.4. The molecule has 0 atom stereocenters. The molecule has 0 aliphatic heterocycles. The number of aromatic nitrogens is 1. The Balaban J connectivity index is 1.61. The molecule has 0 saturated heterocycles. The van der Waals surface area contributed by atoms with Gasteiger partial charge in [0.25, 0.3) is 0 Å². The lowest BCUT2D eigenvalue weighted by atomic mass is 10.2. The van der Waals surface area contributed by atoms with Crippen LogP contribution in [0.3, 0.4) is 0 Å². The predicted octanol–water partition coefficient (Wildman–Crippen LogP) is 5.31. The summed E-state index contributed by atoms with van der Waals surface area (Å²) < 4.78 is 5.58. The number of hydrogen-bond donors (Lipinski definition) is 1. The van der Waals surface area contributed by atoms with Gasteiger partial charge in [0.1, 0.15) is 5.75 Å². The molecule has 0 saturated carbocycles. The van der Waals surface area contributed by atoms with Gasteiger partial charge < -0.3 is 4.74 Å². The first-order valence-corrected chi connectivity index (χ1v) is 9.72. The highest BCUT2D eigenvalue weighted by molar-refractivity contribution is 7.14. The highest BCUT2D eigenvalue weighted by Crippen LogP contribution is 2.26. The Labute approximate surface area is 154 Å². The monoisotopic (exact) mass is 370 g/mol. The van der Waals surface area contributed by atoms with Gasteiger partial charge in [-0.2, -0.15) is 0 Å². The predicted molar refractivity (Wildman–Crippen MR) is 105 cm³/mol. The molecule has 1 N–H and O–H groups in total. The first-order chi connectivity index (χ1) is 12.2. The highest BCUT2D eigenvalue weighted by Gasteiger charge is 2.07. The number of thiazole rings is 1. The maximum Gasteiger partial charge on any atom is 0.250 e. The minimum absolute atomic E-state index is 0.183. The van der Waals surface area contributed by atoms with Gasteiger partial charge in [-0.3, -0.25) is 10.1 Å². The average molecular weight is 370 g/mol. The molecule has 0 bridgehead atoms. The normalized spacial score (nSPS) is 10.9. The van der Waals surface area contributed by atoms with Gasteiger partial charge in [0.15, 0.2) is 5.13 Å². The van der Waals surface area contributed by atoms with Crippen molar-refractivity contribution < 1.29 is 9.53 Å². The van der Waals surface area contributed by atoms with E-state index in [0.717, 1.165) is 28.3 Å². The minimum atomic E-state index is -0.183. The Hall–Kier alpha value is -2.44. The Morgan fingerprint density at radius 2 is 2.08 bits per heavy atom.